The highest BCUT2D eigenvalue weighted by atomic mass is 19.4. The third-order valence-electron chi connectivity index (χ3n) is 3.81. The maximum Gasteiger partial charge on any atom is 0.416 e. The first-order valence-corrected chi connectivity index (χ1v) is 7.53. The monoisotopic (exact) mass is 367 g/mol. The van der Waals surface area contributed by atoms with Crippen molar-refractivity contribution in [2.75, 3.05) is 0 Å². The van der Waals surface area contributed by atoms with Crippen molar-refractivity contribution in [3.8, 4) is 0 Å². The molecule has 0 spiro atoms. The number of carbonyl (C=O) groups is 1. The molecule has 0 fully saturated rings. The van der Waals surface area contributed by atoms with Crippen LogP contribution in [0.1, 0.15) is 23.0 Å². The Labute approximate surface area is 144 Å². The molecule has 1 amide bonds. The zero-order chi connectivity index (χ0) is 18.9. The van der Waals surface area contributed by atoms with Crippen molar-refractivity contribution in [3.05, 3.63) is 65.2 Å². The van der Waals surface area contributed by atoms with Crippen LogP contribution < -0.4 is 5.32 Å². The van der Waals surface area contributed by atoms with E-state index in [1.165, 1.54) is 30.3 Å². The standard InChI is InChI=1S/C17H13F4N3O2/c18-11-5-6-12-13(8-11)23-15(22-12)14(24-16(25)26)7-9-1-3-10(4-2-9)17(19,20)21/h1-6,8,14,24H,7H2,(H,22,23)(H,25,26)/t14-/m1/s1. The van der Waals surface area contributed by atoms with E-state index in [1.54, 1.807) is 0 Å². The van der Waals surface area contributed by atoms with Gasteiger partial charge in [0.1, 0.15) is 11.6 Å². The number of aromatic amines is 1. The zero-order valence-electron chi connectivity index (χ0n) is 13.1. The first-order chi connectivity index (χ1) is 12.2. The second kappa shape index (κ2) is 6.66. The van der Waals surface area contributed by atoms with Gasteiger partial charge in [0, 0.05) is 6.42 Å². The smallest absolute Gasteiger partial charge is 0.416 e. The number of aromatic nitrogens is 2. The second-order valence-corrected chi connectivity index (χ2v) is 5.68. The van der Waals surface area contributed by atoms with Gasteiger partial charge < -0.3 is 15.4 Å². The number of nitrogens with one attached hydrogen (secondary N) is 2. The Kier molecular flexibility index (Phi) is 4.54. The van der Waals surface area contributed by atoms with Crippen molar-refractivity contribution < 1.29 is 27.5 Å². The van der Waals surface area contributed by atoms with Gasteiger partial charge in [-0.2, -0.15) is 13.2 Å². The van der Waals surface area contributed by atoms with Crippen LogP contribution in [0.4, 0.5) is 22.4 Å². The number of imidazole rings is 1. The van der Waals surface area contributed by atoms with E-state index in [1.807, 2.05) is 0 Å². The van der Waals surface area contributed by atoms with Crippen LogP contribution in [0.5, 0.6) is 0 Å². The Hall–Kier alpha value is -3.10. The predicted molar refractivity (Wildman–Crippen MR) is 85.1 cm³/mol. The van der Waals surface area contributed by atoms with Crippen molar-refractivity contribution >= 4 is 17.1 Å². The number of hydrogen-bond acceptors (Lipinski definition) is 2. The molecule has 0 radical (unpaired) electrons. The highest BCUT2D eigenvalue weighted by molar-refractivity contribution is 5.75. The normalized spacial score (nSPS) is 12.9. The van der Waals surface area contributed by atoms with E-state index < -0.39 is 29.7 Å². The number of amides is 1. The lowest BCUT2D eigenvalue weighted by Gasteiger charge is -2.15. The van der Waals surface area contributed by atoms with E-state index in [9.17, 15) is 22.4 Å². The van der Waals surface area contributed by atoms with Gasteiger partial charge in [-0.05, 0) is 35.9 Å². The van der Waals surface area contributed by atoms with Crippen molar-refractivity contribution in [2.24, 2.45) is 0 Å². The van der Waals surface area contributed by atoms with Crippen LogP contribution in [0.25, 0.3) is 11.0 Å². The minimum Gasteiger partial charge on any atom is -0.465 e. The third-order valence-corrected chi connectivity index (χ3v) is 3.81. The molecule has 0 aliphatic rings. The number of alkyl halides is 3. The minimum absolute atomic E-state index is 0.0761. The summed E-state index contributed by atoms with van der Waals surface area (Å²) >= 11 is 0. The summed E-state index contributed by atoms with van der Waals surface area (Å²) in [4.78, 5) is 18.1. The van der Waals surface area contributed by atoms with Gasteiger partial charge in [-0.1, -0.05) is 12.1 Å². The van der Waals surface area contributed by atoms with Gasteiger partial charge in [-0.3, -0.25) is 0 Å². The summed E-state index contributed by atoms with van der Waals surface area (Å²) in [6, 6.07) is 7.48. The average Bonchev–Trinajstić information content (AvgIpc) is 2.96. The zero-order valence-corrected chi connectivity index (χ0v) is 13.1. The van der Waals surface area contributed by atoms with Crippen molar-refractivity contribution in [3.63, 3.8) is 0 Å². The number of hydrogen-bond donors (Lipinski definition) is 3. The lowest BCUT2D eigenvalue weighted by Crippen LogP contribution is -2.29. The lowest BCUT2D eigenvalue weighted by atomic mass is 10.0. The summed E-state index contributed by atoms with van der Waals surface area (Å²) in [6.45, 7) is 0. The molecular weight excluding hydrogens is 354 g/mol. The van der Waals surface area contributed by atoms with Crippen molar-refractivity contribution in [2.45, 2.75) is 18.6 Å². The quantitative estimate of drug-likeness (QED) is 0.603. The van der Waals surface area contributed by atoms with E-state index in [-0.39, 0.29) is 12.2 Å². The molecule has 3 aromatic rings. The third kappa shape index (κ3) is 3.93. The summed E-state index contributed by atoms with van der Waals surface area (Å²) in [5, 5.41) is 11.3. The Balaban J connectivity index is 1.89. The summed E-state index contributed by atoms with van der Waals surface area (Å²) in [5.74, 6) is -0.230. The fourth-order valence-electron chi connectivity index (χ4n) is 2.60. The number of rotatable bonds is 4. The fourth-order valence-corrected chi connectivity index (χ4v) is 2.60. The van der Waals surface area contributed by atoms with E-state index >= 15 is 0 Å². The van der Waals surface area contributed by atoms with Gasteiger partial charge in [0.25, 0.3) is 0 Å². The Bertz CT molecular complexity index is 935. The molecule has 9 heteroatoms. The number of carboxylic acid groups (broad SMARTS) is 1. The van der Waals surface area contributed by atoms with Crippen LogP contribution in [0.15, 0.2) is 42.5 Å². The lowest BCUT2D eigenvalue weighted by molar-refractivity contribution is -0.137. The second-order valence-electron chi connectivity index (χ2n) is 5.68. The summed E-state index contributed by atoms with van der Waals surface area (Å²) in [5.41, 5.74) is 0.544. The Morgan fingerprint density at radius 3 is 2.50 bits per heavy atom. The maximum absolute atomic E-state index is 13.3. The Morgan fingerprint density at radius 2 is 1.88 bits per heavy atom. The number of fused-ring (bicyclic) bond motifs is 1. The largest absolute Gasteiger partial charge is 0.465 e. The van der Waals surface area contributed by atoms with Gasteiger partial charge in [-0.25, -0.2) is 14.2 Å². The number of halogens is 4. The summed E-state index contributed by atoms with van der Waals surface area (Å²) in [6.07, 6.45) is -5.68. The molecule has 0 aliphatic carbocycles. The van der Waals surface area contributed by atoms with E-state index in [4.69, 9.17) is 5.11 Å². The molecule has 3 N–H and O–H groups in total. The van der Waals surface area contributed by atoms with Crippen LogP contribution in [-0.2, 0) is 12.6 Å². The van der Waals surface area contributed by atoms with Gasteiger partial charge in [0.05, 0.1) is 22.6 Å². The molecule has 1 heterocycles. The molecule has 2 aromatic carbocycles. The van der Waals surface area contributed by atoms with Crippen LogP contribution in [0.3, 0.4) is 0 Å². The fraction of sp³-hybridized carbons (Fsp3) is 0.176. The van der Waals surface area contributed by atoms with Crippen LogP contribution >= 0.6 is 0 Å². The van der Waals surface area contributed by atoms with Gasteiger partial charge in [0.2, 0.25) is 0 Å². The maximum atomic E-state index is 13.3. The summed E-state index contributed by atoms with van der Waals surface area (Å²) in [7, 11) is 0. The molecule has 0 unspecified atom stereocenters. The molecule has 0 bridgehead atoms. The first kappa shape index (κ1) is 17.7. The van der Waals surface area contributed by atoms with Gasteiger partial charge >= 0.3 is 12.3 Å². The SMILES string of the molecule is O=C(O)N[C@H](Cc1ccc(C(F)(F)F)cc1)c1nc2ccc(F)cc2[nH]1. The molecular formula is C17H13F4N3O2. The molecule has 1 atom stereocenters. The molecule has 136 valence electrons. The molecule has 26 heavy (non-hydrogen) atoms. The number of nitrogens with zero attached hydrogens (tertiary/aromatic N) is 1. The van der Waals surface area contributed by atoms with Gasteiger partial charge in [0.15, 0.2) is 0 Å². The van der Waals surface area contributed by atoms with Crippen LogP contribution in [0.2, 0.25) is 0 Å². The first-order valence-electron chi connectivity index (χ1n) is 7.53. The molecule has 3 rings (SSSR count). The molecule has 5 nitrogen and oxygen atoms in total. The number of benzene rings is 2. The Morgan fingerprint density at radius 1 is 1.19 bits per heavy atom. The van der Waals surface area contributed by atoms with E-state index in [0.29, 0.717) is 16.6 Å². The van der Waals surface area contributed by atoms with E-state index in [2.05, 4.69) is 15.3 Å². The molecule has 0 saturated carbocycles. The molecule has 0 saturated heterocycles. The van der Waals surface area contributed by atoms with Gasteiger partial charge in [-0.15, -0.1) is 0 Å². The average molecular weight is 367 g/mol. The van der Waals surface area contributed by atoms with Crippen LogP contribution in [0, 0.1) is 5.82 Å². The highest BCUT2D eigenvalue weighted by Crippen LogP contribution is 2.29. The molecule has 1 aromatic heterocycles. The topological polar surface area (TPSA) is 78.0 Å². The number of H-pyrrole nitrogens is 1. The predicted octanol–water partition coefficient (Wildman–Crippen LogP) is 4.27. The van der Waals surface area contributed by atoms with Crippen LogP contribution in [-0.4, -0.2) is 21.2 Å². The van der Waals surface area contributed by atoms with Crippen molar-refractivity contribution in [1.29, 1.82) is 0 Å². The highest BCUT2D eigenvalue weighted by Gasteiger charge is 2.30. The summed E-state index contributed by atoms with van der Waals surface area (Å²) < 4.78 is 51.2. The molecule has 0 aliphatic heterocycles. The minimum atomic E-state index is -4.44. The van der Waals surface area contributed by atoms with E-state index in [0.717, 1.165) is 12.1 Å². The van der Waals surface area contributed by atoms with Crippen molar-refractivity contribution in [1.82, 2.24) is 15.3 Å².